The Balaban J connectivity index is 1.95. The molecular formula is C21H21NO9. The van der Waals surface area contributed by atoms with Gasteiger partial charge in [-0.1, -0.05) is 0 Å². The summed E-state index contributed by atoms with van der Waals surface area (Å²) in [5.74, 6) is -0.278. The highest BCUT2D eigenvalue weighted by atomic mass is 16.9. The number of esters is 1. The van der Waals surface area contributed by atoms with Gasteiger partial charge in [0.15, 0.2) is 0 Å². The van der Waals surface area contributed by atoms with E-state index in [0.717, 1.165) is 0 Å². The van der Waals surface area contributed by atoms with Gasteiger partial charge < -0.3 is 23.8 Å². The lowest BCUT2D eigenvalue weighted by Crippen LogP contribution is -2.31. The molecule has 1 aromatic heterocycles. The summed E-state index contributed by atoms with van der Waals surface area (Å²) in [6.45, 7) is 2.91. The van der Waals surface area contributed by atoms with Crippen LogP contribution in [-0.2, 0) is 19.8 Å². The van der Waals surface area contributed by atoms with E-state index >= 15 is 0 Å². The number of nitrogens with zero attached hydrogens (tertiary/aromatic N) is 1. The van der Waals surface area contributed by atoms with Crippen molar-refractivity contribution in [2.75, 3.05) is 20.3 Å². The van der Waals surface area contributed by atoms with Gasteiger partial charge in [-0.2, -0.15) is 0 Å². The highest BCUT2D eigenvalue weighted by Gasteiger charge is 2.33. The topological polar surface area (TPSA) is 138 Å². The van der Waals surface area contributed by atoms with Crippen LogP contribution in [0.5, 0.6) is 11.5 Å². The first-order valence-electron chi connectivity index (χ1n) is 9.37. The van der Waals surface area contributed by atoms with Gasteiger partial charge in [-0.05, 0) is 49.7 Å². The van der Waals surface area contributed by atoms with E-state index in [1.165, 1.54) is 19.2 Å². The number of benzene rings is 2. The van der Waals surface area contributed by atoms with Crippen molar-refractivity contribution in [3.8, 4) is 11.5 Å². The van der Waals surface area contributed by atoms with E-state index in [1.807, 2.05) is 0 Å². The third-order valence-corrected chi connectivity index (χ3v) is 4.95. The molecule has 10 heteroatoms. The molecule has 0 saturated heterocycles. The van der Waals surface area contributed by atoms with Gasteiger partial charge in [-0.25, -0.2) is 4.79 Å². The van der Waals surface area contributed by atoms with Gasteiger partial charge in [0.1, 0.15) is 17.1 Å². The molecule has 2 aromatic carbocycles. The third kappa shape index (κ3) is 4.37. The molecule has 0 fully saturated rings. The lowest BCUT2D eigenvalue weighted by atomic mass is 9.84. The summed E-state index contributed by atoms with van der Waals surface area (Å²) in [7, 11) is 1.49. The van der Waals surface area contributed by atoms with Crippen LogP contribution in [0, 0.1) is 10.1 Å². The number of fused-ring (bicyclic) bond motifs is 3. The number of hydrogen-bond acceptors (Lipinski definition) is 9. The lowest BCUT2D eigenvalue weighted by molar-refractivity contribution is -0.757. The Morgan fingerprint density at radius 1 is 1.19 bits per heavy atom. The van der Waals surface area contributed by atoms with Crippen LogP contribution in [0.15, 0.2) is 39.5 Å². The van der Waals surface area contributed by atoms with Crippen LogP contribution >= 0.6 is 0 Å². The number of phenols is 1. The van der Waals surface area contributed by atoms with Crippen molar-refractivity contribution in [1.82, 2.24) is 0 Å². The van der Waals surface area contributed by atoms with E-state index in [0.29, 0.717) is 22.1 Å². The van der Waals surface area contributed by atoms with Gasteiger partial charge >= 0.3 is 11.6 Å². The van der Waals surface area contributed by atoms with Gasteiger partial charge in [-0.15, -0.1) is 10.1 Å². The van der Waals surface area contributed by atoms with Gasteiger partial charge in [0, 0.05) is 11.8 Å². The Kier molecular flexibility index (Phi) is 6.00. The molecule has 31 heavy (non-hydrogen) atoms. The van der Waals surface area contributed by atoms with E-state index in [9.17, 15) is 24.8 Å². The molecule has 0 bridgehead atoms. The first-order valence-corrected chi connectivity index (χ1v) is 9.37. The van der Waals surface area contributed by atoms with Crippen molar-refractivity contribution in [3.63, 3.8) is 0 Å². The summed E-state index contributed by atoms with van der Waals surface area (Å²) in [4.78, 5) is 39.3. The molecule has 1 heterocycles. The molecule has 0 unspecified atom stereocenters. The average Bonchev–Trinajstić information content (AvgIpc) is 2.72. The normalized spacial score (nSPS) is 11.5. The van der Waals surface area contributed by atoms with Crippen molar-refractivity contribution in [1.29, 1.82) is 0 Å². The zero-order chi connectivity index (χ0) is 22.8. The second kappa shape index (κ2) is 8.50. The second-order valence-electron chi connectivity index (χ2n) is 7.34. The summed E-state index contributed by atoms with van der Waals surface area (Å²) in [6.07, 6.45) is 0.147. The number of ether oxygens (including phenoxy) is 2. The molecule has 0 aliphatic rings. The molecule has 0 saturated carbocycles. The number of phenolic OH excluding ortho intramolecular Hbond substituents is 1. The number of aromatic hydroxyl groups is 1. The zero-order valence-corrected chi connectivity index (χ0v) is 17.2. The summed E-state index contributed by atoms with van der Waals surface area (Å²) < 4.78 is 15.8. The standard InChI is InChI=1S/C21H21NO9/c1-21(2,20(25)29-7-4-8-30-22(26)27)12-9-16(23)18-15-11-13(28-3)5-6-14(15)19(24)31-17(18)10-12/h5-6,9-11,23H,4,7-8H2,1-3H3. The molecule has 1 N–H and O–H groups in total. The van der Waals surface area contributed by atoms with Gasteiger partial charge in [-0.3, -0.25) is 4.79 Å². The summed E-state index contributed by atoms with van der Waals surface area (Å²) in [5, 5.41) is 21.0. The van der Waals surface area contributed by atoms with E-state index in [2.05, 4.69) is 4.84 Å². The van der Waals surface area contributed by atoms with E-state index in [4.69, 9.17) is 13.9 Å². The van der Waals surface area contributed by atoms with Gasteiger partial charge in [0.05, 0.1) is 36.5 Å². The smallest absolute Gasteiger partial charge is 0.344 e. The number of carbonyl (C=O) groups excluding carboxylic acids is 1. The monoisotopic (exact) mass is 431 g/mol. The van der Waals surface area contributed by atoms with Crippen molar-refractivity contribution in [3.05, 3.63) is 56.4 Å². The largest absolute Gasteiger partial charge is 0.507 e. The van der Waals surface area contributed by atoms with Crippen LogP contribution in [0.4, 0.5) is 0 Å². The molecule has 10 nitrogen and oxygen atoms in total. The number of rotatable bonds is 8. The predicted molar refractivity (Wildman–Crippen MR) is 110 cm³/mol. The van der Waals surface area contributed by atoms with Gasteiger partial charge in [0.25, 0.3) is 5.09 Å². The highest BCUT2D eigenvalue weighted by Crippen LogP contribution is 2.37. The summed E-state index contributed by atoms with van der Waals surface area (Å²) >= 11 is 0. The maximum Gasteiger partial charge on any atom is 0.344 e. The van der Waals surface area contributed by atoms with Crippen LogP contribution in [0.1, 0.15) is 25.8 Å². The fraction of sp³-hybridized carbons (Fsp3) is 0.333. The van der Waals surface area contributed by atoms with Crippen LogP contribution in [-0.4, -0.2) is 36.5 Å². The van der Waals surface area contributed by atoms with Crippen LogP contribution < -0.4 is 10.4 Å². The van der Waals surface area contributed by atoms with E-state index in [1.54, 1.807) is 32.0 Å². The van der Waals surface area contributed by atoms with Crippen LogP contribution in [0.25, 0.3) is 21.7 Å². The SMILES string of the molecule is COc1ccc2c(=O)oc3cc(C(C)(C)C(=O)OCCCO[N+](=O)[O-])cc(O)c3c2c1. The van der Waals surface area contributed by atoms with E-state index in [-0.39, 0.29) is 36.4 Å². The van der Waals surface area contributed by atoms with Gasteiger partial charge in [0.2, 0.25) is 0 Å². The first-order chi connectivity index (χ1) is 14.6. The first kappa shape index (κ1) is 21.9. The molecule has 0 spiro atoms. The third-order valence-electron chi connectivity index (χ3n) is 4.95. The van der Waals surface area contributed by atoms with Crippen LogP contribution in [0.3, 0.4) is 0 Å². The summed E-state index contributed by atoms with van der Waals surface area (Å²) in [5.41, 5.74) is -1.30. The lowest BCUT2D eigenvalue weighted by Gasteiger charge is -2.23. The second-order valence-corrected chi connectivity index (χ2v) is 7.34. The molecule has 0 aliphatic heterocycles. The predicted octanol–water partition coefficient (Wildman–Crippen LogP) is 3.08. The van der Waals surface area contributed by atoms with Crippen molar-refractivity contribution in [2.24, 2.45) is 0 Å². The Bertz CT molecular complexity index is 1210. The van der Waals surface area contributed by atoms with Crippen molar-refractivity contribution in [2.45, 2.75) is 25.7 Å². The average molecular weight is 431 g/mol. The molecule has 164 valence electrons. The molecule has 3 aromatic rings. The Morgan fingerprint density at radius 2 is 1.94 bits per heavy atom. The molecule has 0 atom stereocenters. The maximum atomic E-state index is 12.6. The van der Waals surface area contributed by atoms with E-state index < -0.39 is 22.1 Å². The Hall–Kier alpha value is -3.82. The molecule has 0 aliphatic carbocycles. The fourth-order valence-electron chi connectivity index (χ4n) is 3.16. The molecule has 3 rings (SSSR count). The highest BCUT2D eigenvalue weighted by molar-refractivity contribution is 6.08. The molecule has 0 amide bonds. The number of methoxy groups -OCH3 is 1. The minimum atomic E-state index is -1.20. The Morgan fingerprint density at radius 3 is 2.61 bits per heavy atom. The maximum absolute atomic E-state index is 12.6. The number of hydrogen-bond donors (Lipinski definition) is 1. The number of carbonyl (C=O) groups is 1. The zero-order valence-electron chi connectivity index (χ0n) is 17.2. The van der Waals surface area contributed by atoms with Crippen molar-refractivity contribution >= 4 is 27.7 Å². The van der Waals surface area contributed by atoms with Crippen LogP contribution in [0.2, 0.25) is 0 Å². The Labute approximate surface area is 176 Å². The minimum absolute atomic E-state index is 0.0742. The molecule has 0 radical (unpaired) electrons. The fourth-order valence-corrected chi connectivity index (χ4v) is 3.16. The quantitative estimate of drug-likeness (QED) is 0.142. The molecular weight excluding hydrogens is 410 g/mol. The summed E-state index contributed by atoms with van der Waals surface area (Å²) in [6, 6.07) is 7.72. The van der Waals surface area contributed by atoms with Crippen molar-refractivity contribution < 1.29 is 33.7 Å². The minimum Gasteiger partial charge on any atom is -0.507 e.